The topological polar surface area (TPSA) is 54.2 Å². The number of aliphatic hydroxyl groups excluding tert-OH is 1. The van der Waals surface area contributed by atoms with Crippen LogP contribution >= 0.6 is 0 Å². The van der Waals surface area contributed by atoms with Gasteiger partial charge in [-0.05, 0) is 19.3 Å². The van der Waals surface area contributed by atoms with Crippen LogP contribution in [0, 0.1) is 0 Å². The molecular weight excluding hydrogens is 261 g/mol. The molecule has 0 amide bonds. The number of alkyl halides is 3. The van der Waals surface area contributed by atoms with Gasteiger partial charge >= 0.3 is 6.18 Å². The van der Waals surface area contributed by atoms with Crippen molar-refractivity contribution in [3.05, 3.63) is 11.6 Å². The van der Waals surface area contributed by atoms with Crippen molar-refractivity contribution in [3.8, 4) is 0 Å². The molecule has 1 saturated carbocycles. The second-order valence-electron chi connectivity index (χ2n) is 5.13. The van der Waals surface area contributed by atoms with E-state index in [1.54, 1.807) is 0 Å². The highest BCUT2D eigenvalue weighted by atomic mass is 19.4. The van der Waals surface area contributed by atoms with Crippen molar-refractivity contribution in [2.45, 2.75) is 50.7 Å². The summed E-state index contributed by atoms with van der Waals surface area (Å²) in [6, 6.07) is 0.0415. The van der Waals surface area contributed by atoms with Crippen LogP contribution in [0.4, 0.5) is 13.2 Å². The fourth-order valence-corrected chi connectivity index (χ4v) is 3.02. The minimum absolute atomic E-state index is 0.0415. The molecule has 5 nitrogen and oxygen atoms in total. The Kier molecular flexibility index (Phi) is 3.01. The van der Waals surface area contributed by atoms with Crippen molar-refractivity contribution in [2.75, 3.05) is 6.54 Å². The Balaban J connectivity index is 1.80. The molecule has 1 N–H and O–H groups in total. The van der Waals surface area contributed by atoms with E-state index in [-0.39, 0.29) is 18.7 Å². The highest BCUT2D eigenvalue weighted by molar-refractivity contribution is 5.03. The van der Waals surface area contributed by atoms with Crippen LogP contribution in [0.25, 0.3) is 0 Å². The monoisotopic (exact) mass is 276 g/mol. The third-order valence-electron chi connectivity index (χ3n) is 3.95. The lowest BCUT2D eigenvalue weighted by Gasteiger charge is -2.34. The fourth-order valence-electron chi connectivity index (χ4n) is 3.02. The average Bonchev–Trinajstić information content (AvgIpc) is 2.92. The third kappa shape index (κ3) is 2.23. The number of hydrogen-bond acceptors (Lipinski definition) is 4. The molecule has 0 unspecified atom stereocenters. The first kappa shape index (κ1) is 12.9. The number of aromatic nitrogens is 3. The molecule has 0 radical (unpaired) electrons. The van der Waals surface area contributed by atoms with Crippen molar-refractivity contribution in [3.63, 3.8) is 0 Å². The largest absolute Gasteiger partial charge is 0.451 e. The number of fused-ring (bicyclic) bond motifs is 1. The number of rotatable bonds is 1. The van der Waals surface area contributed by atoms with E-state index in [2.05, 4.69) is 10.2 Å². The van der Waals surface area contributed by atoms with E-state index < -0.39 is 12.0 Å². The summed E-state index contributed by atoms with van der Waals surface area (Å²) in [6.07, 6.45) is -2.22. The number of halogens is 3. The van der Waals surface area contributed by atoms with Crippen molar-refractivity contribution in [1.82, 2.24) is 19.7 Å². The van der Waals surface area contributed by atoms with E-state index in [1.807, 2.05) is 4.90 Å². The van der Waals surface area contributed by atoms with Gasteiger partial charge in [-0.25, -0.2) is 0 Å². The second-order valence-corrected chi connectivity index (χ2v) is 5.13. The minimum Gasteiger partial charge on any atom is -0.391 e. The zero-order valence-electron chi connectivity index (χ0n) is 10.3. The van der Waals surface area contributed by atoms with E-state index in [0.29, 0.717) is 18.9 Å². The first-order valence-electron chi connectivity index (χ1n) is 6.38. The predicted octanol–water partition coefficient (Wildman–Crippen LogP) is 1.03. The molecule has 0 bridgehead atoms. The second kappa shape index (κ2) is 4.45. The Labute approximate surface area is 108 Å². The quantitative estimate of drug-likeness (QED) is 0.832. The van der Waals surface area contributed by atoms with Crippen molar-refractivity contribution < 1.29 is 18.3 Å². The van der Waals surface area contributed by atoms with Gasteiger partial charge in [-0.1, -0.05) is 0 Å². The average molecular weight is 276 g/mol. The lowest BCUT2D eigenvalue weighted by atomic mass is 10.1. The molecule has 1 aromatic heterocycles. The SMILES string of the molecule is O[C@H]1CCC[C@@H]1N1CCn2c(nnc2C(F)(F)F)C1. The summed E-state index contributed by atoms with van der Waals surface area (Å²) >= 11 is 0. The van der Waals surface area contributed by atoms with Gasteiger partial charge in [0.2, 0.25) is 5.82 Å². The van der Waals surface area contributed by atoms with Crippen molar-refractivity contribution in [1.29, 1.82) is 0 Å². The Hall–Kier alpha value is -1.15. The fraction of sp³-hybridized carbons (Fsp3) is 0.818. The molecule has 1 aliphatic carbocycles. The van der Waals surface area contributed by atoms with Crippen LogP contribution in [-0.2, 0) is 19.3 Å². The Morgan fingerprint density at radius 2 is 1.95 bits per heavy atom. The van der Waals surface area contributed by atoms with Gasteiger partial charge in [0.1, 0.15) is 5.82 Å². The molecular formula is C11H15F3N4O. The van der Waals surface area contributed by atoms with Gasteiger partial charge < -0.3 is 9.67 Å². The highest BCUT2D eigenvalue weighted by Gasteiger charge is 2.41. The molecule has 1 aliphatic heterocycles. The summed E-state index contributed by atoms with van der Waals surface area (Å²) in [5, 5.41) is 16.7. The zero-order chi connectivity index (χ0) is 13.6. The van der Waals surface area contributed by atoms with Crippen LogP contribution in [0.1, 0.15) is 30.9 Å². The minimum atomic E-state index is -4.46. The van der Waals surface area contributed by atoms with Gasteiger partial charge in [0.05, 0.1) is 12.6 Å². The van der Waals surface area contributed by atoms with Crippen LogP contribution in [-0.4, -0.2) is 43.5 Å². The molecule has 2 atom stereocenters. The summed E-state index contributed by atoms with van der Waals surface area (Å²) in [6.45, 7) is 1.04. The molecule has 2 heterocycles. The Bertz CT molecular complexity index is 473. The van der Waals surface area contributed by atoms with Gasteiger partial charge in [0.25, 0.3) is 0 Å². The van der Waals surface area contributed by atoms with Gasteiger partial charge in [-0.2, -0.15) is 13.2 Å². The zero-order valence-corrected chi connectivity index (χ0v) is 10.3. The van der Waals surface area contributed by atoms with Crippen LogP contribution in [0.3, 0.4) is 0 Å². The summed E-state index contributed by atoms with van der Waals surface area (Å²) in [5.74, 6) is -0.591. The molecule has 1 fully saturated rings. The molecule has 8 heteroatoms. The number of nitrogens with zero attached hydrogens (tertiary/aromatic N) is 4. The maximum absolute atomic E-state index is 12.7. The molecule has 106 valence electrons. The number of aliphatic hydroxyl groups is 1. The summed E-state index contributed by atoms with van der Waals surface area (Å²) in [5.41, 5.74) is 0. The standard InChI is InChI=1S/C11H15F3N4O/c12-11(13,14)10-16-15-9-6-17(4-5-18(9)10)7-2-1-3-8(7)19/h7-8,19H,1-6H2/t7-,8-/m0/s1. The Morgan fingerprint density at radius 1 is 1.16 bits per heavy atom. The predicted molar refractivity (Wildman–Crippen MR) is 59.1 cm³/mol. The van der Waals surface area contributed by atoms with Crippen LogP contribution in [0.2, 0.25) is 0 Å². The summed E-state index contributed by atoms with van der Waals surface area (Å²) in [4.78, 5) is 2.02. The first-order chi connectivity index (χ1) is 8.97. The smallest absolute Gasteiger partial charge is 0.391 e. The lowest BCUT2D eigenvalue weighted by Crippen LogP contribution is -2.45. The van der Waals surface area contributed by atoms with Crippen LogP contribution in [0.5, 0.6) is 0 Å². The molecule has 1 aromatic rings. The normalized spacial score (nSPS) is 28.6. The molecule has 2 aliphatic rings. The van der Waals surface area contributed by atoms with E-state index in [1.165, 1.54) is 0 Å². The molecule has 19 heavy (non-hydrogen) atoms. The molecule has 0 spiro atoms. The van der Waals surface area contributed by atoms with Crippen molar-refractivity contribution in [2.24, 2.45) is 0 Å². The van der Waals surface area contributed by atoms with E-state index in [0.717, 1.165) is 23.8 Å². The van der Waals surface area contributed by atoms with Crippen molar-refractivity contribution >= 4 is 0 Å². The van der Waals surface area contributed by atoms with Gasteiger partial charge in [-0.3, -0.25) is 4.90 Å². The molecule has 0 saturated heterocycles. The summed E-state index contributed by atoms with van der Waals surface area (Å²) < 4.78 is 39.2. The van der Waals surface area contributed by atoms with Crippen LogP contribution in [0.15, 0.2) is 0 Å². The van der Waals surface area contributed by atoms with Crippen LogP contribution < -0.4 is 0 Å². The maximum Gasteiger partial charge on any atom is 0.451 e. The van der Waals surface area contributed by atoms with Gasteiger partial charge in [0, 0.05) is 19.1 Å². The molecule has 3 rings (SSSR count). The van der Waals surface area contributed by atoms with E-state index >= 15 is 0 Å². The maximum atomic E-state index is 12.7. The molecule has 0 aromatic carbocycles. The highest BCUT2D eigenvalue weighted by Crippen LogP contribution is 2.31. The third-order valence-corrected chi connectivity index (χ3v) is 3.95. The first-order valence-corrected chi connectivity index (χ1v) is 6.38. The van der Waals surface area contributed by atoms with E-state index in [4.69, 9.17) is 0 Å². The lowest BCUT2D eigenvalue weighted by molar-refractivity contribution is -0.148. The van der Waals surface area contributed by atoms with E-state index in [9.17, 15) is 18.3 Å². The van der Waals surface area contributed by atoms with Gasteiger partial charge in [-0.15, -0.1) is 10.2 Å². The number of hydrogen-bond donors (Lipinski definition) is 1. The Morgan fingerprint density at radius 3 is 2.58 bits per heavy atom. The summed E-state index contributed by atoms with van der Waals surface area (Å²) in [7, 11) is 0. The van der Waals surface area contributed by atoms with Gasteiger partial charge in [0.15, 0.2) is 0 Å².